The molecule has 1 N–H and O–H groups in total. The molecular formula is C23H39N3O3. The number of hydrogen-bond donors (Lipinski definition) is 1. The van der Waals surface area contributed by atoms with Crippen molar-refractivity contribution in [2.24, 2.45) is 5.92 Å². The van der Waals surface area contributed by atoms with Gasteiger partial charge in [0, 0.05) is 38.8 Å². The van der Waals surface area contributed by atoms with Crippen LogP contribution in [0.1, 0.15) is 44.7 Å². The molecule has 0 saturated carbocycles. The molecule has 29 heavy (non-hydrogen) atoms. The Labute approximate surface area is 176 Å². The zero-order chi connectivity index (χ0) is 21.4. The molecule has 0 spiro atoms. The smallest absolute Gasteiger partial charge is 0.234 e. The molecule has 1 amide bonds. The molecular weight excluding hydrogens is 366 g/mol. The molecule has 164 valence electrons. The fraction of sp³-hybridized carbons (Fsp3) is 0.696. The van der Waals surface area contributed by atoms with Gasteiger partial charge < -0.3 is 14.8 Å². The molecule has 0 aromatic heterocycles. The first-order valence-electron chi connectivity index (χ1n) is 10.8. The van der Waals surface area contributed by atoms with E-state index in [9.17, 15) is 4.79 Å². The van der Waals surface area contributed by atoms with Gasteiger partial charge in [0.1, 0.15) is 0 Å². The quantitative estimate of drug-likeness (QED) is 0.648. The summed E-state index contributed by atoms with van der Waals surface area (Å²) in [5, 5.41) is 3.14. The first-order valence-corrected chi connectivity index (χ1v) is 10.8. The van der Waals surface area contributed by atoms with Crippen molar-refractivity contribution in [3.8, 4) is 11.5 Å². The Hall–Kier alpha value is -1.79. The summed E-state index contributed by atoms with van der Waals surface area (Å²) in [6.45, 7) is 13.8. The lowest BCUT2D eigenvalue weighted by Gasteiger charge is -2.34. The predicted molar refractivity (Wildman–Crippen MR) is 118 cm³/mol. The maximum Gasteiger partial charge on any atom is 0.234 e. The molecule has 1 heterocycles. The fourth-order valence-electron chi connectivity index (χ4n) is 3.72. The Morgan fingerprint density at radius 1 is 1.00 bits per heavy atom. The van der Waals surface area contributed by atoms with Gasteiger partial charge in [0.15, 0.2) is 11.5 Å². The average Bonchev–Trinajstić information content (AvgIpc) is 2.68. The van der Waals surface area contributed by atoms with Crippen molar-refractivity contribution in [3.05, 3.63) is 23.3 Å². The van der Waals surface area contributed by atoms with E-state index in [2.05, 4.69) is 48.9 Å². The summed E-state index contributed by atoms with van der Waals surface area (Å²) in [6, 6.07) is 4.36. The van der Waals surface area contributed by atoms with E-state index >= 15 is 0 Å². The van der Waals surface area contributed by atoms with E-state index in [1.165, 1.54) is 11.1 Å². The standard InChI is InChI=1S/C23H39N3O3/c1-17(2)7-8-19(4)24-23(27)16-26-11-9-25(10-12-26)15-20-14-22(29-6)21(28-5)13-18(20)3/h13-14,17,19H,7-12,15-16H2,1-6H3,(H,24,27)/t19-/m0/s1. The highest BCUT2D eigenvalue weighted by atomic mass is 16.5. The lowest BCUT2D eigenvalue weighted by molar-refractivity contribution is -0.123. The van der Waals surface area contributed by atoms with Crippen LogP contribution in [-0.4, -0.2) is 68.7 Å². The Morgan fingerprint density at radius 2 is 1.59 bits per heavy atom. The number of nitrogens with one attached hydrogen (secondary N) is 1. The molecule has 6 heteroatoms. The van der Waals surface area contributed by atoms with Gasteiger partial charge in [-0.2, -0.15) is 0 Å². The fourth-order valence-corrected chi connectivity index (χ4v) is 3.72. The van der Waals surface area contributed by atoms with Gasteiger partial charge in [-0.15, -0.1) is 0 Å². The molecule has 0 radical (unpaired) electrons. The van der Waals surface area contributed by atoms with E-state index in [4.69, 9.17) is 9.47 Å². The number of aryl methyl sites for hydroxylation is 1. The van der Waals surface area contributed by atoms with Crippen LogP contribution in [-0.2, 0) is 11.3 Å². The van der Waals surface area contributed by atoms with Crippen LogP contribution in [0, 0.1) is 12.8 Å². The van der Waals surface area contributed by atoms with Gasteiger partial charge in [-0.05, 0) is 55.9 Å². The third-order valence-corrected chi connectivity index (χ3v) is 5.65. The van der Waals surface area contributed by atoms with Crippen molar-refractivity contribution < 1.29 is 14.3 Å². The zero-order valence-corrected chi connectivity index (χ0v) is 19.1. The number of carbonyl (C=O) groups is 1. The average molecular weight is 406 g/mol. The monoisotopic (exact) mass is 405 g/mol. The topological polar surface area (TPSA) is 54.0 Å². The second-order valence-electron chi connectivity index (χ2n) is 8.63. The number of ether oxygens (including phenoxy) is 2. The van der Waals surface area contributed by atoms with Crippen LogP contribution in [0.25, 0.3) is 0 Å². The second kappa shape index (κ2) is 11.4. The number of amides is 1. The minimum Gasteiger partial charge on any atom is -0.493 e. The summed E-state index contributed by atoms with van der Waals surface area (Å²) in [7, 11) is 3.34. The maximum absolute atomic E-state index is 12.3. The van der Waals surface area contributed by atoms with Gasteiger partial charge in [-0.3, -0.25) is 14.6 Å². The molecule has 0 unspecified atom stereocenters. The summed E-state index contributed by atoms with van der Waals surface area (Å²) in [6.07, 6.45) is 2.19. The van der Waals surface area contributed by atoms with Gasteiger partial charge in [-0.1, -0.05) is 13.8 Å². The number of hydrogen-bond acceptors (Lipinski definition) is 5. The Kier molecular flexibility index (Phi) is 9.24. The van der Waals surface area contributed by atoms with Crippen LogP contribution < -0.4 is 14.8 Å². The maximum atomic E-state index is 12.3. The molecule has 1 aliphatic rings. The van der Waals surface area contributed by atoms with Crippen molar-refractivity contribution in [2.45, 2.75) is 53.1 Å². The third kappa shape index (κ3) is 7.52. The van der Waals surface area contributed by atoms with Crippen LogP contribution in [0.3, 0.4) is 0 Å². The highest BCUT2D eigenvalue weighted by molar-refractivity contribution is 5.78. The van der Waals surface area contributed by atoms with Crippen molar-refractivity contribution in [3.63, 3.8) is 0 Å². The molecule has 1 aliphatic heterocycles. The zero-order valence-electron chi connectivity index (χ0n) is 19.1. The Balaban J connectivity index is 1.78. The first kappa shape index (κ1) is 23.5. The largest absolute Gasteiger partial charge is 0.493 e. The molecule has 0 aliphatic carbocycles. The lowest BCUT2D eigenvalue weighted by Crippen LogP contribution is -2.50. The van der Waals surface area contributed by atoms with E-state index in [1.54, 1.807) is 14.2 Å². The Morgan fingerprint density at radius 3 is 2.17 bits per heavy atom. The van der Waals surface area contributed by atoms with Gasteiger partial charge in [0.05, 0.1) is 20.8 Å². The van der Waals surface area contributed by atoms with E-state index < -0.39 is 0 Å². The highest BCUT2D eigenvalue weighted by Gasteiger charge is 2.21. The SMILES string of the molecule is COc1cc(C)c(CN2CCN(CC(=O)N[C@@H](C)CCC(C)C)CC2)cc1OC. The third-order valence-electron chi connectivity index (χ3n) is 5.65. The van der Waals surface area contributed by atoms with Crippen LogP contribution in [0.5, 0.6) is 11.5 Å². The number of rotatable bonds is 10. The summed E-state index contributed by atoms with van der Waals surface area (Å²) < 4.78 is 10.8. The van der Waals surface area contributed by atoms with Crippen molar-refractivity contribution >= 4 is 5.91 Å². The van der Waals surface area contributed by atoms with E-state index in [-0.39, 0.29) is 11.9 Å². The highest BCUT2D eigenvalue weighted by Crippen LogP contribution is 2.30. The number of carbonyl (C=O) groups excluding carboxylic acids is 1. The molecule has 1 aromatic rings. The van der Waals surface area contributed by atoms with Crippen LogP contribution in [0.2, 0.25) is 0 Å². The van der Waals surface area contributed by atoms with Gasteiger partial charge >= 0.3 is 0 Å². The van der Waals surface area contributed by atoms with Crippen LogP contribution in [0.15, 0.2) is 12.1 Å². The second-order valence-corrected chi connectivity index (χ2v) is 8.63. The van der Waals surface area contributed by atoms with E-state index in [0.29, 0.717) is 12.5 Å². The van der Waals surface area contributed by atoms with E-state index in [0.717, 1.165) is 57.1 Å². The van der Waals surface area contributed by atoms with Crippen LogP contribution in [0.4, 0.5) is 0 Å². The van der Waals surface area contributed by atoms with E-state index in [1.807, 2.05) is 6.07 Å². The molecule has 1 atom stereocenters. The molecule has 6 nitrogen and oxygen atoms in total. The molecule has 0 bridgehead atoms. The number of benzene rings is 1. The molecule has 1 fully saturated rings. The first-order chi connectivity index (χ1) is 13.8. The molecule has 1 saturated heterocycles. The minimum atomic E-state index is 0.144. The minimum absolute atomic E-state index is 0.144. The predicted octanol–water partition coefficient (Wildman–Crippen LogP) is 3.07. The Bertz CT molecular complexity index is 655. The lowest BCUT2D eigenvalue weighted by atomic mass is 10.0. The van der Waals surface area contributed by atoms with Crippen molar-refractivity contribution in [1.29, 1.82) is 0 Å². The normalized spacial score (nSPS) is 16.7. The number of methoxy groups -OCH3 is 2. The molecule has 1 aromatic carbocycles. The summed E-state index contributed by atoms with van der Waals surface area (Å²) >= 11 is 0. The number of nitrogens with zero attached hydrogens (tertiary/aromatic N) is 2. The molecule has 2 rings (SSSR count). The van der Waals surface area contributed by atoms with Crippen molar-refractivity contribution in [1.82, 2.24) is 15.1 Å². The van der Waals surface area contributed by atoms with Gasteiger partial charge in [0.2, 0.25) is 5.91 Å². The van der Waals surface area contributed by atoms with Crippen LogP contribution >= 0.6 is 0 Å². The van der Waals surface area contributed by atoms with Gasteiger partial charge in [-0.25, -0.2) is 0 Å². The van der Waals surface area contributed by atoms with Crippen molar-refractivity contribution in [2.75, 3.05) is 46.9 Å². The summed E-state index contributed by atoms with van der Waals surface area (Å²) in [5.41, 5.74) is 2.47. The van der Waals surface area contributed by atoms with Gasteiger partial charge in [0.25, 0.3) is 0 Å². The summed E-state index contributed by atoms with van der Waals surface area (Å²) in [5.74, 6) is 2.37. The summed E-state index contributed by atoms with van der Waals surface area (Å²) in [4.78, 5) is 17.0. The number of piperazine rings is 1.